The van der Waals surface area contributed by atoms with Gasteiger partial charge in [-0.3, -0.25) is 10.1 Å². The number of halogens is 1. The van der Waals surface area contributed by atoms with Gasteiger partial charge in [-0.15, -0.1) is 16.4 Å². The van der Waals surface area contributed by atoms with Crippen LogP contribution in [-0.4, -0.2) is 31.1 Å². The first-order valence-corrected chi connectivity index (χ1v) is 9.63. The highest BCUT2D eigenvalue weighted by atomic mass is 35.5. The molecule has 2 heterocycles. The van der Waals surface area contributed by atoms with Crippen LogP contribution in [0.4, 0.5) is 5.13 Å². The van der Waals surface area contributed by atoms with Crippen LogP contribution in [0.2, 0.25) is 5.02 Å². The number of tetrazole rings is 1. The van der Waals surface area contributed by atoms with Crippen molar-refractivity contribution >= 4 is 34.0 Å². The number of rotatable bonds is 5. The first-order chi connectivity index (χ1) is 13.6. The highest BCUT2D eigenvalue weighted by Gasteiger charge is 2.13. The summed E-state index contributed by atoms with van der Waals surface area (Å²) in [6.45, 7) is 1.94. The molecule has 0 saturated carbocycles. The molecule has 0 spiro atoms. The number of carbonyl (C=O) groups is 1. The average Bonchev–Trinajstić information content (AvgIpc) is 3.34. The zero-order valence-corrected chi connectivity index (χ0v) is 16.4. The van der Waals surface area contributed by atoms with Crippen molar-refractivity contribution in [3.05, 3.63) is 81.6 Å². The number of anilines is 1. The van der Waals surface area contributed by atoms with Crippen molar-refractivity contribution in [3.63, 3.8) is 0 Å². The lowest BCUT2D eigenvalue weighted by atomic mass is 10.1. The molecule has 1 N–H and O–H groups in total. The van der Waals surface area contributed by atoms with Gasteiger partial charge in [0.1, 0.15) is 6.33 Å². The predicted octanol–water partition coefficient (Wildman–Crippen LogP) is 3.92. The normalized spacial score (nSPS) is 10.8. The number of benzene rings is 2. The van der Waals surface area contributed by atoms with Crippen LogP contribution in [0.3, 0.4) is 0 Å². The first kappa shape index (κ1) is 18.3. The molecule has 0 radical (unpaired) electrons. The fraction of sp³-hybridized carbons (Fsp3) is 0.105. The van der Waals surface area contributed by atoms with Crippen LogP contribution in [0.15, 0.2) is 54.9 Å². The van der Waals surface area contributed by atoms with Gasteiger partial charge in [-0.1, -0.05) is 29.8 Å². The van der Waals surface area contributed by atoms with Crippen LogP contribution in [0.1, 0.15) is 26.5 Å². The fourth-order valence-electron chi connectivity index (χ4n) is 2.67. The Hall–Kier alpha value is -3.10. The van der Waals surface area contributed by atoms with E-state index in [-0.39, 0.29) is 5.91 Å². The van der Waals surface area contributed by atoms with E-state index in [1.54, 1.807) is 18.2 Å². The van der Waals surface area contributed by atoms with E-state index in [1.807, 2.05) is 37.3 Å². The van der Waals surface area contributed by atoms with E-state index in [2.05, 4.69) is 25.8 Å². The van der Waals surface area contributed by atoms with Gasteiger partial charge in [0.05, 0.1) is 11.4 Å². The van der Waals surface area contributed by atoms with Gasteiger partial charge < -0.3 is 0 Å². The van der Waals surface area contributed by atoms with Gasteiger partial charge in [0.2, 0.25) is 0 Å². The molecular formula is C19H15ClN6OS. The average molecular weight is 411 g/mol. The molecule has 0 saturated heterocycles. The number of amides is 1. The Kier molecular flexibility index (Phi) is 5.14. The lowest BCUT2D eigenvalue weighted by Gasteiger charge is -2.04. The minimum atomic E-state index is -0.235. The summed E-state index contributed by atoms with van der Waals surface area (Å²) in [4.78, 5) is 18.2. The molecule has 0 aliphatic carbocycles. The van der Waals surface area contributed by atoms with Crippen LogP contribution in [0, 0.1) is 6.92 Å². The van der Waals surface area contributed by atoms with Crippen molar-refractivity contribution in [1.82, 2.24) is 25.2 Å². The molecule has 2 aromatic heterocycles. The third kappa shape index (κ3) is 4.08. The smallest absolute Gasteiger partial charge is 0.257 e. The molecule has 4 aromatic rings. The Labute approximate surface area is 170 Å². The minimum absolute atomic E-state index is 0.235. The van der Waals surface area contributed by atoms with Crippen LogP contribution in [0.5, 0.6) is 0 Å². The van der Waals surface area contributed by atoms with Gasteiger partial charge in [0, 0.05) is 21.9 Å². The summed E-state index contributed by atoms with van der Waals surface area (Å²) in [5, 5.41) is 15.2. The third-order valence-electron chi connectivity index (χ3n) is 4.11. The molecule has 4 rings (SSSR count). The number of nitrogens with zero attached hydrogens (tertiary/aromatic N) is 5. The second-order valence-corrected chi connectivity index (χ2v) is 7.61. The number of nitrogens with one attached hydrogen (secondary N) is 1. The van der Waals surface area contributed by atoms with E-state index in [4.69, 9.17) is 11.6 Å². The van der Waals surface area contributed by atoms with E-state index in [9.17, 15) is 4.79 Å². The van der Waals surface area contributed by atoms with Crippen molar-refractivity contribution in [2.75, 3.05) is 5.32 Å². The van der Waals surface area contributed by atoms with Crippen LogP contribution < -0.4 is 5.32 Å². The second-order valence-electron chi connectivity index (χ2n) is 6.09. The van der Waals surface area contributed by atoms with E-state index < -0.39 is 0 Å². The Morgan fingerprint density at radius 3 is 2.79 bits per heavy atom. The molecule has 0 atom stereocenters. The number of carbonyl (C=O) groups excluding carboxylic acids is 1. The van der Waals surface area contributed by atoms with E-state index in [1.165, 1.54) is 22.3 Å². The lowest BCUT2D eigenvalue weighted by Crippen LogP contribution is -2.12. The van der Waals surface area contributed by atoms with Gasteiger partial charge in [-0.05, 0) is 53.2 Å². The van der Waals surface area contributed by atoms with Crippen LogP contribution in [0.25, 0.3) is 5.69 Å². The second kappa shape index (κ2) is 7.87. The number of hydrogen-bond acceptors (Lipinski definition) is 6. The fourth-order valence-corrected chi connectivity index (χ4v) is 3.79. The van der Waals surface area contributed by atoms with Gasteiger partial charge >= 0.3 is 0 Å². The third-order valence-corrected chi connectivity index (χ3v) is 5.44. The molecule has 7 nitrogen and oxygen atoms in total. The maximum absolute atomic E-state index is 12.6. The quantitative estimate of drug-likeness (QED) is 0.538. The summed E-state index contributed by atoms with van der Waals surface area (Å²) in [7, 11) is 0. The molecule has 2 aromatic carbocycles. The summed E-state index contributed by atoms with van der Waals surface area (Å²) < 4.78 is 1.49. The number of aromatic nitrogens is 5. The molecular weight excluding hydrogens is 396 g/mol. The SMILES string of the molecule is Cc1nc(NC(=O)c2cccc(-n3cnnn3)c2)sc1Cc1ccc(Cl)cc1. The summed E-state index contributed by atoms with van der Waals surface area (Å²) in [6.07, 6.45) is 2.22. The molecule has 0 unspecified atom stereocenters. The van der Waals surface area contributed by atoms with Crippen molar-refractivity contribution in [1.29, 1.82) is 0 Å². The molecule has 9 heteroatoms. The maximum atomic E-state index is 12.6. The van der Waals surface area contributed by atoms with Crippen molar-refractivity contribution in [3.8, 4) is 5.69 Å². The first-order valence-electron chi connectivity index (χ1n) is 8.44. The highest BCUT2D eigenvalue weighted by molar-refractivity contribution is 7.15. The highest BCUT2D eigenvalue weighted by Crippen LogP contribution is 2.26. The number of thiazole rings is 1. The van der Waals surface area contributed by atoms with Crippen molar-refractivity contribution in [2.24, 2.45) is 0 Å². The lowest BCUT2D eigenvalue weighted by molar-refractivity contribution is 0.102. The summed E-state index contributed by atoms with van der Waals surface area (Å²) in [5.41, 5.74) is 3.25. The number of hydrogen-bond donors (Lipinski definition) is 1. The predicted molar refractivity (Wildman–Crippen MR) is 108 cm³/mol. The molecule has 0 aliphatic rings. The van der Waals surface area contributed by atoms with Crippen molar-refractivity contribution in [2.45, 2.75) is 13.3 Å². The summed E-state index contributed by atoms with van der Waals surface area (Å²) in [5.74, 6) is -0.235. The molecule has 0 bridgehead atoms. The Morgan fingerprint density at radius 1 is 1.21 bits per heavy atom. The Morgan fingerprint density at radius 2 is 2.04 bits per heavy atom. The molecule has 0 aliphatic heterocycles. The van der Waals surface area contributed by atoms with Gasteiger partial charge in [0.15, 0.2) is 5.13 Å². The topological polar surface area (TPSA) is 85.6 Å². The number of aryl methyl sites for hydroxylation is 1. The van der Waals surface area contributed by atoms with Crippen molar-refractivity contribution < 1.29 is 4.79 Å². The van der Waals surface area contributed by atoms with E-state index in [0.29, 0.717) is 21.4 Å². The van der Waals surface area contributed by atoms with E-state index in [0.717, 1.165) is 22.6 Å². The van der Waals surface area contributed by atoms with Crippen LogP contribution in [-0.2, 0) is 6.42 Å². The summed E-state index contributed by atoms with van der Waals surface area (Å²) in [6, 6.07) is 14.8. The molecule has 0 fully saturated rings. The molecule has 140 valence electrons. The molecule has 28 heavy (non-hydrogen) atoms. The van der Waals surface area contributed by atoms with E-state index >= 15 is 0 Å². The van der Waals surface area contributed by atoms with Crippen LogP contribution >= 0.6 is 22.9 Å². The molecule has 1 amide bonds. The zero-order valence-electron chi connectivity index (χ0n) is 14.8. The van der Waals surface area contributed by atoms with Gasteiger partial charge in [0.25, 0.3) is 5.91 Å². The van der Waals surface area contributed by atoms with Gasteiger partial charge in [-0.25, -0.2) is 9.67 Å². The van der Waals surface area contributed by atoms with Gasteiger partial charge in [-0.2, -0.15) is 0 Å². The standard InChI is InChI=1S/C19H15ClN6OS/c1-12-17(9-13-5-7-15(20)8-6-13)28-19(22-12)23-18(27)14-3-2-4-16(10-14)26-11-21-24-25-26/h2-8,10-11H,9H2,1H3,(H,22,23,27). The zero-order chi connectivity index (χ0) is 19.5. The monoisotopic (exact) mass is 410 g/mol. The summed E-state index contributed by atoms with van der Waals surface area (Å²) >= 11 is 7.41. The minimum Gasteiger partial charge on any atom is -0.298 e. The Bertz CT molecular complexity index is 1110. The largest absolute Gasteiger partial charge is 0.298 e. The maximum Gasteiger partial charge on any atom is 0.257 e. The Balaban J connectivity index is 1.49.